The van der Waals surface area contributed by atoms with Gasteiger partial charge in [-0.2, -0.15) is 0 Å². The Hall–Kier alpha value is -3.07. The third-order valence-corrected chi connectivity index (χ3v) is 6.54. The van der Waals surface area contributed by atoms with Gasteiger partial charge in [-0.15, -0.1) is 0 Å². The van der Waals surface area contributed by atoms with Gasteiger partial charge in [0.2, 0.25) is 0 Å². The molecule has 1 aliphatic rings. The molecule has 9 heteroatoms. The second-order valence-corrected chi connectivity index (χ2v) is 9.65. The second kappa shape index (κ2) is 11.6. The number of nitrogens with one attached hydrogen (secondary N) is 1. The van der Waals surface area contributed by atoms with Crippen molar-refractivity contribution in [3.05, 3.63) is 53.4 Å². The fraction of sp³-hybridized carbons (Fsp3) is 0.500. The van der Waals surface area contributed by atoms with E-state index in [0.29, 0.717) is 11.5 Å². The van der Waals surface area contributed by atoms with Gasteiger partial charge in [0.05, 0.1) is 5.69 Å². The molecular weight excluding hydrogens is 445 g/mol. The van der Waals surface area contributed by atoms with Crippen molar-refractivity contribution in [1.29, 1.82) is 0 Å². The van der Waals surface area contributed by atoms with Crippen molar-refractivity contribution in [2.24, 2.45) is 5.92 Å². The molecule has 2 aromatic rings. The van der Waals surface area contributed by atoms with Gasteiger partial charge in [0.25, 0.3) is 0 Å². The minimum absolute atomic E-state index is 0.0471. The Kier molecular flexibility index (Phi) is 8.78. The van der Waals surface area contributed by atoms with Crippen molar-refractivity contribution >= 4 is 31.0 Å². The summed E-state index contributed by atoms with van der Waals surface area (Å²) < 4.78 is 5.38. The molecule has 0 aliphatic carbocycles. The van der Waals surface area contributed by atoms with E-state index in [2.05, 4.69) is 16.9 Å². The number of benzene rings is 1. The van der Waals surface area contributed by atoms with Gasteiger partial charge in [-0.1, -0.05) is 5.16 Å². The molecule has 1 saturated heterocycles. The van der Waals surface area contributed by atoms with Crippen LogP contribution < -0.4 is 5.32 Å². The number of β-amino-alcohol motifs (C(OH)–C–C–N with tert-alkyl or cyclic N) is 1. The van der Waals surface area contributed by atoms with Crippen molar-refractivity contribution < 1.29 is 24.0 Å². The van der Waals surface area contributed by atoms with Crippen LogP contribution >= 0.6 is 0 Å². The van der Waals surface area contributed by atoms with Gasteiger partial charge in [0.1, 0.15) is 0 Å². The molecule has 2 N–H and O–H groups in total. The molecule has 35 heavy (non-hydrogen) atoms. The third-order valence-electron chi connectivity index (χ3n) is 6.54. The first-order valence-electron chi connectivity index (χ1n) is 12.0. The molecule has 1 aromatic heterocycles. The van der Waals surface area contributed by atoms with E-state index in [-0.39, 0.29) is 42.8 Å². The summed E-state index contributed by atoms with van der Waals surface area (Å²) in [5, 5.41) is 17.3. The quantitative estimate of drug-likeness (QED) is 0.507. The summed E-state index contributed by atoms with van der Waals surface area (Å²) in [5.41, 5.74) is 1.46. The minimum atomic E-state index is -0.860. The van der Waals surface area contributed by atoms with Gasteiger partial charge < -0.3 is 0 Å². The van der Waals surface area contributed by atoms with Crippen LogP contribution in [0.3, 0.4) is 0 Å². The Morgan fingerprint density at radius 3 is 2.51 bits per heavy atom. The molecule has 0 bridgehead atoms. The molecule has 3 rings (SSSR count). The predicted octanol–water partition coefficient (Wildman–Crippen LogP) is 2.45. The van der Waals surface area contributed by atoms with Crippen LogP contribution in [0.5, 0.6) is 0 Å². The average molecular weight is 479 g/mol. The third kappa shape index (κ3) is 6.34. The van der Waals surface area contributed by atoms with E-state index in [1.54, 1.807) is 26.8 Å². The summed E-state index contributed by atoms with van der Waals surface area (Å²) in [4.78, 5) is 41.2. The number of aliphatic hydroxyl groups is 1. The molecule has 2 heterocycles. The van der Waals surface area contributed by atoms with Crippen molar-refractivity contribution in [2.45, 2.75) is 70.5 Å². The van der Waals surface area contributed by atoms with E-state index >= 15 is 0 Å². The normalized spacial score (nSPS) is 20.2. The van der Waals surface area contributed by atoms with Gasteiger partial charge >= 0.3 is 189 Å². The van der Waals surface area contributed by atoms with Crippen LogP contribution in [-0.2, 0) is 14.4 Å². The van der Waals surface area contributed by atoms with E-state index in [9.17, 15) is 19.5 Å². The number of likely N-dealkylation sites (tertiary alicyclic amines) is 1. The van der Waals surface area contributed by atoms with E-state index < -0.39 is 30.0 Å². The molecule has 1 aliphatic heterocycles. The van der Waals surface area contributed by atoms with Crippen LogP contribution in [0.1, 0.15) is 62.6 Å². The summed E-state index contributed by atoms with van der Waals surface area (Å²) in [6.07, 6.45) is -0.606. The SMILES string of the molecule is C=BC(C)C(=O)C[C@H](NC(=O)[C@@H]1C[C@@H](O)CN1C(=O)[C@@H](c1cc(C)no1)C(C)C)c1ccccc1. The monoisotopic (exact) mass is 479 g/mol. The Morgan fingerprint density at radius 1 is 1.26 bits per heavy atom. The molecule has 186 valence electrons. The Labute approximate surface area is 207 Å². The average Bonchev–Trinajstić information content (AvgIpc) is 3.43. The molecular formula is C26H34BN3O5. The molecule has 1 fully saturated rings. The number of nitrogens with zero attached hydrogens (tertiary/aromatic N) is 2. The zero-order chi connectivity index (χ0) is 25.7. The first-order chi connectivity index (χ1) is 16.6. The number of rotatable bonds is 10. The van der Waals surface area contributed by atoms with E-state index in [0.717, 1.165) is 5.56 Å². The summed E-state index contributed by atoms with van der Waals surface area (Å²) in [5.74, 6) is -1.38. The van der Waals surface area contributed by atoms with Gasteiger partial charge in [-0.25, -0.2) is 0 Å². The first-order valence-corrected chi connectivity index (χ1v) is 12.0. The molecule has 0 radical (unpaired) electrons. The van der Waals surface area contributed by atoms with E-state index in [1.165, 1.54) is 4.90 Å². The number of amides is 2. The summed E-state index contributed by atoms with van der Waals surface area (Å²) in [6, 6.07) is 9.56. The van der Waals surface area contributed by atoms with Crippen LogP contribution in [0, 0.1) is 12.8 Å². The molecule has 5 atom stereocenters. The van der Waals surface area contributed by atoms with Gasteiger partial charge in [-0.3, -0.25) is 0 Å². The maximum absolute atomic E-state index is 13.6. The number of hydrogen-bond acceptors (Lipinski definition) is 6. The van der Waals surface area contributed by atoms with Crippen LogP contribution in [0.25, 0.3) is 0 Å². The van der Waals surface area contributed by atoms with Gasteiger partial charge in [0, 0.05) is 0 Å². The Bertz CT molecular complexity index is 1050. The van der Waals surface area contributed by atoms with E-state index in [4.69, 9.17) is 4.52 Å². The van der Waals surface area contributed by atoms with Crippen LogP contribution in [0.2, 0.25) is 5.82 Å². The number of aryl methyl sites for hydroxylation is 1. The van der Waals surface area contributed by atoms with Crippen LogP contribution in [0.4, 0.5) is 0 Å². The zero-order valence-electron chi connectivity index (χ0n) is 20.8. The zero-order valence-corrected chi connectivity index (χ0v) is 20.8. The van der Waals surface area contributed by atoms with E-state index in [1.807, 2.05) is 44.2 Å². The summed E-state index contributed by atoms with van der Waals surface area (Å²) >= 11 is 0. The van der Waals surface area contributed by atoms with Crippen molar-refractivity contribution in [2.75, 3.05) is 6.54 Å². The predicted molar refractivity (Wildman–Crippen MR) is 134 cm³/mol. The number of carbonyl (C=O) groups excluding carboxylic acids is 3. The van der Waals surface area contributed by atoms with Gasteiger partial charge in [0.15, 0.2) is 0 Å². The fourth-order valence-electron chi connectivity index (χ4n) is 4.47. The molecule has 0 spiro atoms. The number of Topliss-reactive ketones (excluding diaryl/α,β-unsaturated/α-hetero) is 1. The molecule has 0 saturated carbocycles. The van der Waals surface area contributed by atoms with Gasteiger partial charge in [-0.05, 0) is 6.92 Å². The number of aliphatic hydroxyl groups excluding tert-OH is 1. The summed E-state index contributed by atoms with van der Waals surface area (Å²) in [7, 11) is 0. The Balaban J connectivity index is 1.84. The molecule has 2 amide bonds. The Morgan fingerprint density at radius 2 is 1.94 bits per heavy atom. The van der Waals surface area contributed by atoms with Crippen molar-refractivity contribution in [3.8, 4) is 0 Å². The van der Waals surface area contributed by atoms with Crippen LogP contribution in [0.15, 0.2) is 40.9 Å². The standard InChI is InChI=1S/C26H34BN3O5/c1-15(2)24(23-11-16(3)29-35-23)26(34)30-14-19(31)12-21(30)25(33)28-20(13-22(32)17(4)27-5)18-9-7-6-8-10-18/h6-11,15,17,19-21,24,31H,5,12-14H2,1-4H3,(H,28,33)/t17?,19-,20+,21+,24-/m1/s1. The maximum atomic E-state index is 13.6. The summed E-state index contributed by atoms with van der Waals surface area (Å²) in [6.45, 7) is 12.7. The first kappa shape index (κ1) is 26.5. The van der Waals surface area contributed by atoms with Crippen LogP contribution in [-0.4, -0.2) is 64.8 Å². The van der Waals surface area contributed by atoms with Crippen molar-refractivity contribution in [3.63, 3.8) is 0 Å². The fourth-order valence-corrected chi connectivity index (χ4v) is 4.47. The molecule has 8 nitrogen and oxygen atoms in total. The second-order valence-electron chi connectivity index (χ2n) is 9.65. The topological polar surface area (TPSA) is 113 Å². The van der Waals surface area contributed by atoms with Crippen molar-refractivity contribution in [1.82, 2.24) is 15.4 Å². The number of aromatic nitrogens is 1. The number of ketones is 1. The number of hydrogen-bond donors (Lipinski definition) is 2. The molecule has 1 unspecified atom stereocenters. The molecule has 1 aromatic carbocycles. The number of carbonyl (C=O) groups is 3.